The molecule has 0 aliphatic carbocycles. The van der Waals surface area contributed by atoms with Crippen molar-refractivity contribution in [2.75, 3.05) is 25.9 Å². The van der Waals surface area contributed by atoms with E-state index in [1.54, 1.807) is 0 Å². The molecule has 1 saturated heterocycles. The van der Waals surface area contributed by atoms with Crippen LogP contribution >= 0.6 is 22.7 Å². The van der Waals surface area contributed by atoms with Gasteiger partial charge >= 0.3 is 0 Å². The third-order valence-corrected chi connectivity index (χ3v) is 5.78. The highest BCUT2D eigenvalue weighted by atomic mass is 32.2. The molecule has 0 saturated carbocycles. The van der Waals surface area contributed by atoms with E-state index in [1.807, 2.05) is 30.0 Å². The van der Waals surface area contributed by atoms with Gasteiger partial charge in [-0.15, -0.1) is 10.5 Å². The first-order valence-electron chi connectivity index (χ1n) is 7.33. The SMILES string of the molecule is Cc1c(N=C=S)cccc1N=C=S(C)C1CCN(C(=O)CN)C1. The maximum Gasteiger partial charge on any atom is 0.236 e. The third-order valence-electron chi connectivity index (χ3n) is 3.93. The smallest absolute Gasteiger partial charge is 0.236 e. The van der Waals surface area contributed by atoms with Crippen LogP contribution in [0.5, 0.6) is 0 Å². The predicted molar refractivity (Wildman–Crippen MR) is 101 cm³/mol. The van der Waals surface area contributed by atoms with Gasteiger partial charge in [-0.05, 0) is 44.0 Å². The molecular formula is C16H20N4OS2. The number of likely N-dealkylation sites (tertiary alicyclic amines) is 1. The van der Waals surface area contributed by atoms with Gasteiger partial charge in [0.2, 0.25) is 5.91 Å². The normalized spacial score (nSPS) is 18.0. The second kappa shape index (κ2) is 8.29. The summed E-state index contributed by atoms with van der Waals surface area (Å²) in [6.45, 7) is 3.55. The number of aliphatic imine (C=N–C) groups is 2. The Morgan fingerprint density at radius 1 is 1.48 bits per heavy atom. The van der Waals surface area contributed by atoms with Crippen molar-refractivity contribution in [3.05, 3.63) is 23.8 Å². The van der Waals surface area contributed by atoms with Crippen LogP contribution in [0.2, 0.25) is 0 Å². The average Bonchev–Trinajstić information content (AvgIpc) is 3.05. The maximum absolute atomic E-state index is 11.6. The maximum atomic E-state index is 11.6. The average molecular weight is 348 g/mol. The Hall–Kier alpha value is -1.62. The molecule has 7 heteroatoms. The quantitative estimate of drug-likeness (QED) is 0.672. The highest BCUT2D eigenvalue weighted by molar-refractivity contribution is 8.14. The minimum atomic E-state index is -0.122. The number of nitrogens with two attached hydrogens (primary N) is 1. The molecular weight excluding hydrogens is 328 g/mol. The summed E-state index contributed by atoms with van der Waals surface area (Å²) in [4.78, 5) is 22.0. The van der Waals surface area contributed by atoms with Gasteiger partial charge in [-0.3, -0.25) is 4.79 Å². The van der Waals surface area contributed by atoms with Crippen molar-refractivity contribution < 1.29 is 4.79 Å². The summed E-state index contributed by atoms with van der Waals surface area (Å²) in [7, 11) is -0.122. The van der Waals surface area contributed by atoms with E-state index in [0.717, 1.165) is 36.4 Å². The number of benzene rings is 1. The fourth-order valence-corrected chi connectivity index (χ4v) is 3.82. The number of carbonyl (C=O) groups excluding carboxylic acids is 1. The molecule has 2 atom stereocenters. The Morgan fingerprint density at radius 3 is 2.83 bits per heavy atom. The fourth-order valence-electron chi connectivity index (χ4n) is 2.47. The lowest BCUT2D eigenvalue weighted by Gasteiger charge is -2.15. The molecule has 2 unspecified atom stereocenters. The number of isothiocyanates is 2. The number of thiocarbonyl (C=S) groups is 1. The van der Waals surface area contributed by atoms with Gasteiger partial charge in [0.1, 0.15) is 0 Å². The molecule has 23 heavy (non-hydrogen) atoms. The Labute approximate surface area is 144 Å². The Morgan fingerprint density at radius 2 is 2.17 bits per heavy atom. The van der Waals surface area contributed by atoms with Crippen LogP contribution < -0.4 is 5.73 Å². The van der Waals surface area contributed by atoms with Crippen LogP contribution in [-0.4, -0.2) is 52.3 Å². The van der Waals surface area contributed by atoms with Gasteiger partial charge < -0.3 is 10.6 Å². The van der Waals surface area contributed by atoms with Gasteiger partial charge in [0.05, 0.1) is 23.1 Å². The van der Waals surface area contributed by atoms with Crippen molar-refractivity contribution >= 4 is 50.3 Å². The zero-order valence-electron chi connectivity index (χ0n) is 13.3. The van der Waals surface area contributed by atoms with E-state index in [9.17, 15) is 4.79 Å². The molecule has 1 aromatic carbocycles. The highest BCUT2D eigenvalue weighted by Gasteiger charge is 2.26. The van der Waals surface area contributed by atoms with E-state index < -0.39 is 0 Å². The summed E-state index contributed by atoms with van der Waals surface area (Å²) in [5.74, 6) is 0.0167. The van der Waals surface area contributed by atoms with E-state index in [-0.39, 0.29) is 22.9 Å². The largest absolute Gasteiger partial charge is 0.340 e. The molecule has 5 nitrogen and oxygen atoms in total. The lowest BCUT2D eigenvalue weighted by molar-refractivity contribution is -0.128. The van der Waals surface area contributed by atoms with Crippen molar-refractivity contribution in [1.82, 2.24) is 4.90 Å². The summed E-state index contributed by atoms with van der Waals surface area (Å²) in [5, 5.41) is 6.01. The number of rotatable bonds is 4. The van der Waals surface area contributed by atoms with Crippen LogP contribution in [0.15, 0.2) is 28.2 Å². The molecule has 2 rings (SSSR count). The van der Waals surface area contributed by atoms with Crippen LogP contribution in [0, 0.1) is 6.92 Å². The predicted octanol–water partition coefficient (Wildman–Crippen LogP) is 2.72. The van der Waals surface area contributed by atoms with E-state index in [2.05, 4.69) is 38.8 Å². The number of amides is 1. The molecule has 1 aromatic rings. The van der Waals surface area contributed by atoms with Crippen molar-refractivity contribution in [3.63, 3.8) is 0 Å². The van der Waals surface area contributed by atoms with Crippen molar-refractivity contribution in [2.24, 2.45) is 15.7 Å². The van der Waals surface area contributed by atoms with Gasteiger partial charge in [0.25, 0.3) is 0 Å². The molecule has 2 N–H and O–H groups in total. The first-order valence-corrected chi connectivity index (χ1v) is 9.43. The summed E-state index contributed by atoms with van der Waals surface area (Å²) in [6, 6.07) is 5.71. The second-order valence-corrected chi connectivity index (χ2v) is 7.49. The van der Waals surface area contributed by atoms with E-state index >= 15 is 0 Å². The van der Waals surface area contributed by atoms with Crippen molar-refractivity contribution in [1.29, 1.82) is 0 Å². The molecule has 1 aliphatic heterocycles. The van der Waals surface area contributed by atoms with Crippen molar-refractivity contribution in [3.8, 4) is 0 Å². The number of nitrogens with zero attached hydrogens (tertiary/aromatic N) is 3. The lowest BCUT2D eigenvalue weighted by Crippen LogP contribution is -2.34. The minimum Gasteiger partial charge on any atom is -0.340 e. The zero-order valence-corrected chi connectivity index (χ0v) is 14.9. The van der Waals surface area contributed by atoms with Crippen LogP contribution in [0.1, 0.15) is 12.0 Å². The van der Waals surface area contributed by atoms with Gasteiger partial charge in [0, 0.05) is 29.1 Å². The third kappa shape index (κ3) is 4.44. The van der Waals surface area contributed by atoms with Crippen molar-refractivity contribution in [2.45, 2.75) is 18.6 Å². The van der Waals surface area contributed by atoms with E-state index in [1.165, 1.54) is 0 Å². The zero-order chi connectivity index (χ0) is 16.8. The summed E-state index contributed by atoms with van der Waals surface area (Å²) < 4.78 is 0. The molecule has 1 aliphatic rings. The minimum absolute atomic E-state index is 0.0167. The standard InChI is InChI=1S/C16H20N4OS2/c1-12-14(18-10-22)4-3-5-15(12)19-11-23(2)13-6-7-20(9-13)16(21)8-17/h3-5,13H,6-9,17H2,1-2H3. The molecule has 122 valence electrons. The highest BCUT2D eigenvalue weighted by Crippen LogP contribution is 2.29. The number of carbonyl (C=O) groups is 1. The van der Waals surface area contributed by atoms with E-state index in [4.69, 9.17) is 5.73 Å². The summed E-state index contributed by atoms with van der Waals surface area (Å²) in [6.07, 6.45) is 3.08. The van der Waals surface area contributed by atoms with Gasteiger partial charge in [-0.1, -0.05) is 6.07 Å². The second-order valence-electron chi connectivity index (χ2n) is 5.34. The summed E-state index contributed by atoms with van der Waals surface area (Å²) in [5.41, 5.74) is 7.99. The topological polar surface area (TPSA) is 71.0 Å². The molecule has 1 heterocycles. The lowest BCUT2D eigenvalue weighted by atomic mass is 10.1. The molecule has 0 radical (unpaired) electrons. The summed E-state index contributed by atoms with van der Waals surface area (Å²) >= 11 is 4.66. The molecule has 1 amide bonds. The molecule has 0 bridgehead atoms. The Bertz CT molecular complexity index is 719. The number of hydrogen-bond donors (Lipinski definition) is 1. The van der Waals surface area contributed by atoms with Crippen LogP contribution in [-0.2, 0) is 4.79 Å². The first-order chi connectivity index (χ1) is 11.1. The number of hydrogen-bond acceptors (Lipinski definition) is 5. The Balaban J connectivity index is 2.18. The van der Waals surface area contributed by atoms with Gasteiger partial charge in [0.15, 0.2) is 0 Å². The van der Waals surface area contributed by atoms with Crippen LogP contribution in [0.3, 0.4) is 0 Å². The first kappa shape index (κ1) is 17.7. The van der Waals surface area contributed by atoms with Gasteiger partial charge in [-0.2, -0.15) is 9.98 Å². The van der Waals surface area contributed by atoms with Gasteiger partial charge in [-0.25, -0.2) is 0 Å². The monoisotopic (exact) mass is 348 g/mol. The fraction of sp³-hybridized carbons (Fsp3) is 0.438. The van der Waals surface area contributed by atoms with Crippen LogP contribution in [0.25, 0.3) is 0 Å². The Kier molecular flexibility index (Phi) is 6.39. The molecule has 0 spiro atoms. The molecule has 0 aromatic heterocycles. The van der Waals surface area contributed by atoms with E-state index in [0.29, 0.717) is 5.25 Å². The van der Waals surface area contributed by atoms with Crippen LogP contribution in [0.4, 0.5) is 11.4 Å². The molecule has 1 fully saturated rings.